The number of nitrogens with zero attached hydrogens (tertiary/aromatic N) is 1. The first-order valence-electron chi connectivity index (χ1n) is 7.35. The first-order valence-corrected chi connectivity index (χ1v) is 7.35. The summed E-state index contributed by atoms with van der Waals surface area (Å²) in [6.45, 7) is 8.75. The van der Waals surface area contributed by atoms with E-state index in [1.807, 2.05) is 6.92 Å². The van der Waals surface area contributed by atoms with Gasteiger partial charge in [0.05, 0.1) is 6.61 Å². The van der Waals surface area contributed by atoms with Gasteiger partial charge in [0, 0.05) is 31.8 Å². The van der Waals surface area contributed by atoms with Crippen LogP contribution in [0.2, 0.25) is 0 Å². The number of nitrogens with one attached hydrogen (secondary N) is 1. The van der Waals surface area contributed by atoms with Gasteiger partial charge < -0.3 is 15.2 Å². The molecule has 19 heavy (non-hydrogen) atoms. The van der Waals surface area contributed by atoms with Crippen LogP contribution < -0.4 is 5.32 Å². The Labute approximate surface area is 116 Å². The van der Waals surface area contributed by atoms with Gasteiger partial charge in [-0.3, -0.25) is 4.90 Å². The number of hydrogen-bond donors (Lipinski definition) is 2. The zero-order chi connectivity index (χ0) is 14.3. The summed E-state index contributed by atoms with van der Waals surface area (Å²) in [4.78, 5) is 13.9. The van der Waals surface area contributed by atoms with E-state index in [9.17, 15) is 4.79 Å². The van der Waals surface area contributed by atoms with Crippen molar-refractivity contribution in [1.82, 2.24) is 10.2 Å². The lowest BCUT2D eigenvalue weighted by atomic mass is 9.90. The summed E-state index contributed by atoms with van der Waals surface area (Å²) in [5.74, 6) is 0.537. The average molecular weight is 272 g/mol. The van der Waals surface area contributed by atoms with Crippen LogP contribution in [0.25, 0.3) is 0 Å². The van der Waals surface area contributed by atoms with E-state index in [0.717, 1.165) is 32.4 Å². The smallest absolute Gasteiger partial charge is 0.407 e. The first kappa shape index (κ1) is 16.2. The van der Waals surface area contributed by atoms with Gasteiger partial charge in [0.2, 0.25) is 0 Å². The molecule has 112 valence electrons. The Kier molecular flexibility index (Phi) is 7.16. The van der Waals surface area contributed by atoms with E-state index in [-0.39, 0.29) is 18.7 Å². The van der Waals surface area contributed by atoms with Crippen LogP contribution in [0.15, 0.2) is 0 Å². The van der Waals surface area contributed by atoms with Gasteiger partial charge in [-0.2, -0.15) is 0 Å². The lowest BCUT2D eigenvalue weighted by molar-refractivity contribution is 0.0935. The number of ether oxygens (including phenoxy) is 1. The fourth-order valence-electron chi connectivity index (χ4n) is 2.70. The second-order valence-electron chi connectivity index (χ2n) is 5.58. The molecule has 0 aliphatic carbocycles. The van der Waals surface area contributed by atoms with E-state index in [1.165, 1.54) is 0 Å². The number of carbonyl (C=O) groups is 1. The van der Waals surface area contributed by atoms with Crippen molar-refractivity contribution in [3.8, 4) is 0 Å². The van der Waals surface area contributed by atoms with Gasteiger partial charge >= 0.3 is 6.09 Å². The SMILES string of the molecule is CCOC(=O)NC1CC(CCCO)CN(C(C)C)C1. The summed E-state index contributed by atoms with van der Waals surface area (Å²) < 4.78 is 4.95. The predicted octanol–water partition coefficient (Wildman–Crippen LogP) is 1.60. The highest BCUT2D eigenvalue weighted by molar-refractivity contribution is 5.67. The number of piperidine rings is 1. The molecule has 5 nitrogen and oxygen atoms in total. The molecule has 0 aromatic carbocycles. The van der Waals surface area contributed by atoms with Gasteiger partial charge in [0.15, 0.2) is 0 Å². The third kappa shape index (κ3) is 5.78. The highest BCUT2D eigenvalue weighted by Gasteiger charge is 2.29. The summed E-state index contributed by atoms with van der Waals surface area (Å²) in [6.07, 6.45) is 2.50. The maximum atomic E-state index is 11.5. The van der Waals surface area contributed by atoms with Crippen molar-refractivity contribution < 1.29 is 14.6 Å². The van der Waals surface area contributed by atoms with Crippen LogP contribution in [0.4, 0.5) is 4.79 Å². The van der Waals surface area contributed by atoms with Crippen molar-refractivity contribution in [3.05, 3.63) is 0 Å². The van der Waals surface area contributed by atoms with E-state index in [0.29, 0.717) is 18.6 Å². The highest BCUT2D eigenvalue weighted by atomic mass is 16.5. The third-order valence-corrected chi connectivity index (χ3v) is 3.66. The minimum absolute atomic E-state index is 0.152. The summed E-state index contributed by atoms with van der Waals surface area (Å²) in [5, 5.41) is 11.9. The molecule has 0 aromatic rings. The molecule has 2 atom stereocenters. The van der Waals surface area contributed by atoms with Gasteiger partial charge in [-0.1, -0.05) is 0 Å². The lowest BCUT2D eigenvalue weighted by Gasteiger charge is -2.40. The molecule has 0 radical (unpaired) electrons. The molecule has 0 bridgehead atoms. The van der Waals surface area contributed by atoms with Gasteiger partial charge in [-0.25, -0.2) is 4.79 Å². The van der Waals surface area contributed by atoms with Gasteiger partial charge in [0.1, 0.15) is 0 Å². The Morgan fingerprint density at radius 3 is 2.79 bits per heavy atom. The fourth-order valence-corrected chi connectivity index (χ4v) is 2.70. The Bertz CT molecular complexity index is 271. The van der Waals surface area contributed by atoms with E-state index < -0.39 is 0 Å². The van der Waals surface area contributed by atoms with Crippen molar-refractivity contribution in [3.63, 3.8) is 0 Å². The Balaban J connectivity index is 2.51. The minimum atomic E-state index is -0.320. The van der Waals surface area contributed by atoms with Crippen LogP contribution in [0, 0.1) is 5.92 Å². The monoisotopic (exact) mass is 272 g/mol. The molecule has 0 aromatic heterocycles. The molecule has 2 N–H and O–H groups in total. The minimum Gasteiger partial charge on any atom is -0.450 e. The molecule has 1 rings (SSSR count). The van der Waals surface area contributed by atoms with Crippen LogP contribution in [-0.2, 0) is 4.74 Å². The second kappa shape index (κ2) is 8.38. The maximum absolute atomic E-state index is 11.5. The van der Waals surface area contributed by atoms with Crippen LogP contribution in [0.1, 0.15) is 40.0 Å². The standard InChI is InChI=1S/C14H28N2O3/c1-4-19-14(18)15-13-8-12(6-5-7-17)9-16(10-13)11(2)3/h11-13,17H,4-10H2,1-3H3,(H,15,18). The molecule has 2 unspecified atom stereocenters. The molecule has 1 amide bonds. The number of hydrogen-bond acceptors (Lipinski definition) is 4. The molecule has 1 aliphatic rings. The number of likely N-dealkylation sites (tertiary alicyclic amines) is 1. The van der Waals surface area contributed by atoms with Crippen molar-refractivity contribution in [2.75, 3.05) is 26.3 Å². The zero-order valence-corrected chi connectivity index (χ0v) is 12.4. The van der Waals surface area contributed by atoms with E-state index in [1.54, 1.807) is 0 Å². The molecule has 1 fully saturated rings. The molecule has 1 aliphatic heterocycles. The summed E-state index contributed by atoms with van der Waals surface area (Å²) in [5.41, 5.74) is 0. The van der Waals surface area contributed by atoms with E-state index >= 15 is 0 Å². The molecule has 1 saturated heterocycles. The number of aliphatic hydroxyl groups is 1. The van der Waals surface area contributed by atoms with Gasteiger partial charge in [0.25, 0.3) is 0 Å². The number of rotatable bonds is 6. The Hall–Kier alpha value is -0.810. The summed E-state index contributed by atoms with van der Waals surface area (Å²) in [7, 11) is 0. The molecule has 1 heterocycles. The predicted molar refractivity (Wildman–Crippen MR) is 75.1 cm³/mol. The quantitative estimate of drug-likeness (QED) is 0.771. The Morgan fingerprint density at radius 1 is 1.47 bits per heavy atom. The topological polar surface area (TPSA) is 61.8 Å². The molecule has 0 spiro atoms. The molecule has 0 saturated carbocycles. The van der Waals surface area contributed by atoms with Crippen molar-refractivity contribution in [2.45, 2.75) is 52.1 Å². The van der Waals surface area contributed by atoms with Crippen LogP contribution in [0.3, 0.4) is 0 Å². The fraction of sp³-hybridized carbons (Fsp3) is 0.929. The van der Waals surface area contributed by atoms with Crippen molar-refractivity contribution in [2.24, 2.45) is 5.92 Å². The van der Waals surface area contributed by atoms with Crippen molar-refractivity contribution in [1.29, 1.82) is 0 Å². The Morgan fingerprint density at radius 2 is 2.21 bits per heavy atom. The summed E-state index contributed by atoms with van der Waals surface area (Å²) >= 11 is 0. The zero-order valence-electron chi connectivity index (χ0n) is 12.4. The van der Waals surface area contributed by atoms with E-state index in [4.69, 9.17) is 9.84 Å². The molecular formula is C14H28N2O3. The van der Waals surface area contributed by atoms with Gasteiger partial charge in [-0.05, 0) is 46.0 Å². The normalized spacial score (nSPS) is 24.5. The number of alkyl carbamates (subject to hydrolysis) is 1. The second-order valence-corrected chi connectivity index (χ2v) is 5.58. The van der Waals surface area contributed by atoms with Crippen LogP contribution >= 0.6 is 0 Å². The maximum Gasteiger partial charge on any atom is 0.407 e. The third-order valence-electron chi connectivity index (χ3n) is 3.66. The summed E-state index contributed by atoms with van der Waals surface area (Å²) in [6, 6.07) is 0.627. The van der Waals surface area contributed by atoms with Crippen LogP contribution in [0.5, 0.6) is 0 Å². The first-order chi connectivity index (χ1) is 9.06. The average Bonchev–Trinajstić information content (AvgIpc) is 2.36. The largest absolute Gasteiger partial charge is 0.450 e. The highest BCUT2D eigenvalue weighted by Crippen LogP contribution is 2.22. The van der Waals surface area contributed by atoms with Gasteiger partial charge in [-0.15, -0.1) is 0 Å². The number of carbonyl (C=O) groups excluding carboxylic acids is 1. The van der Waals surface area contributed by atoms with E-state index in [2.05, 4.69) is 24.1 Å². The number of amides is 1. The lowest BCUT2D eigenvalue weighted by Crippen LogP contribution is -2.52. The number of aliphatic hydroxyl groups excluding tert-OH is 1. The van der Waals surface area contributed by atoms with Crippen molar-refractivity contribution >= 4 is 6.09 Å². The van der Waals surface area contributed by atoms with Crippen LogP contribution in [-0.4, -0.2) is 54.5 Å². The molecule has 5 heteroatoms. The molecular weight excluding hydrogens is 244 g/mol.